The molecule has 0 saturated heterocycles. The van der Waals surface area contributed by atoms with Crippen LogP contribution in [-0.4, -0.2) is 34.3 Å². The maximum absolute atomic E-state index is 5.18. The molecule has 0 aliphatic heterocycles. The van der Waals surface area contributed by atoms with Crippen LogP contribution in [0.5, 0.6) is 0 Å². The molecule has 0 aliphatic rings. The molecule has 5 aromatic carbocycles. The van der Waals surface area contributed by atoms with Crippen LogP contribution >= 0.6 is 0 Å². The van der Waals surface area contributed by atoms with E-state index in [0.29, 0.717) is 0 Å². The van der Waals surface area contributed by atoms with E-state index in [1.54, 1.807) is 0 Å². The van der Waals surface area contributed by atoms with Gasteiger partial charge in [0.15, 0.2) is 0 Å². The van der Waals surface area contributed by atoms with Gasteiger partial charge in [-0.2, -0.15) is 0 Å². The molecule has 0 radical (unpaired) electrons. The predicted octanol–water partition coefficient (Wildman–Crippen LogP) is 16.5. The molecule has 7 heterocycles. The summed E-state index contributed by atoms with van der Waals surface area (Å²) in [6.07, 6.45) is 13.7. The summed E-state index contributed by atoms with van der Waals surface area (Å²) in [7, 11) is 0. The summed E-state index contributed by atoms with van der Waals surface area (Å²) in [4.78, 5) is 29.6. The highest BCUT2D eigenvalue weighted by Gasteiger charge is 2.20. The van der Waals surface area contributed by atoms with Gasteiger partial charge in [0.05, 0.1) is 22.4 Å². The maximum Gasteiger partial charge on any atom is 0.146 e. The van der Waals surface area contributed by atoms with Crippen molar-refractivity contribution in [1.82, 2.24) is 34.3 Å². The van der Waals surface area contributed by atoms with Gasteiger partial charge in [0.1, 0.15) is 5.65 Å². The van der Waals surface area contributed by atoms with Gasteiger partial charge in [-0.1, -0.05) is 145 Å². The molecule has 0 amide bonds. The first kappa shape index (κ1) is 45.2. The Labute approximate surface area is 426 Å². The van der Waals surface area contributed by atoms with Crippen LogP contribution in [0.1, 0.15) is 52.9 Å². The van der Waals surface area contributed by atoms with Gasteiger partial charge in [0.2, 0.25) is 0 Å². The van der Waals surface area contributed by atoms with Gasteiger partial charge in [-0.25, -0.2) is 4.98 Å². The first-order valence-corrected chi connectivity index (χ1v) is 24.9. The van der Waals surface area contributed by atoms with Gasteiger partial charge in [0.25, 0.3) is 0 Å². The zero-order valence-electron chi connectivity index (χ0n) is 41.8. The Kier molecular flexibility index (Phi) is 11.2. The largest absolute Gasteiger partial charge is 0.299 e. The van der Waals surface area contributed by atoms with Crippen LogP contribution in [-0.2, 0) is 10.8 Å². The van der Waals surface area contributed by atoms with Crippen molar-refractivity contribution in [3.05, 3.63) is 225 Å². The second-order valence-electron chi connectivity index (χ2n) is 20.9. The molecule has 0 N–H and O–H groups in total. The van der Waals surface area contributed by atoms with Crippen molar-refractivity contribution in [2.45, 2.75) is 52.4 Å². The van der Waals surface area contributed by atoms with Gasteiger partial charge in [-0.05, 0) is 117 Å². The molecule has 12 aromatic rings. The molecule has 0 atom stereocenters. The monoisotopic (exact) mass is 943 g/mol. The molecule has 0 unspecified atom stereocenters. The zero-order valence-corrected chi connectivity index (χ0v) is 41.8. The van der Waals surface area contributed by atoms with Gasteiger partial charge < -0.3 is 0 Å². The minimum Gasteiger partial charge on any atom is -0.299 e. The minimum atomic E-state index is -0.0292. The Balaban J connectivity index is 0.997. The summed E-state index contributed by atoms with van der Waals surface area (Å²) in [6.45, 7) is 13.1. The van der Waals surface area contributed by atoms with Crippen molar-refractivity contribution in [2.75, 3.05) is 0 Å². The number of para-hydroxylation sites is 1. The number of aromatic nitrogens is 7. The Bertz CT molecular complexity index is 3850. The summed E-state index contributed by atoms with van der Waals surface area (Å²) in [5.74, 6) is 0. The van der Waals surface area contributed by atoms with Gasteiger partial charge >= 0.3 is 0 Å². The molecule has 352 valence electrons. The molecule has 0 aliphatic carbocycles. The molecule has 0 saturated carbocycles. The van der Waals surface area contributed by atoms with Crippen LogP contribution in [0.4, 0.5) is 0 Å². The molecule has 0 spiro atoms. The molecular formula is C66H53N7. The number of imidazole rings is 1. The first-order chi connectivity index (χ1) is 35.4. The average Bonchev–Trinajstić information content (AvgIpc) is 3.94. The smallest absolute Gasteiger partial charge is 0.146 e. The number of fused-ring (bicyclic) bond motifs is 6. The second kappa shape index (κ2) is 18.0. The standard InChI is InChI=1S/C66H53N7/c1-65(2,3)61-29-25-44(39-70-61)58-27-23-42(37-68-58)50-15-7-9-17-52(50)46-33-47(53-18-10-8-16-51(53)43-24-28-59(69-38-43)45-26-30-62(71-40-45)66(4,5)6)35-48(34-46)54-19-11-12-20-55(54)49-36-57-63(72-41-49)56-21-13-14-22-60(56)73-32-31-67-64(57)73/h7-41H,1-6H3. The van der Waals surface area contributed by atoms with Gasteiger partial charge in [-0.3, -0.25) is 29.3 Å². The van der Waals surface area contributed by atoms with Crippen molar-refractivity contribution in [2.24, 2.45) is 0 Å². The molecule has 0 fully saturated rings. The fourth-order valence-electron chi connectivity index (χ4n) is 10.1. The lowest BCUT2D eigenvalue weighted by Crippen LogP contribution is -2.12. The van der Waals surface area contributed by atoms with Crippen LogP contribution in [0, 0.1) is 0 Å². The molecule has 7 nitrogen and oxygen atoms in total. The van der Waals surface area contributed by atoms with Gasteiger partial charge in [0, 0.05) is 104 Å². The minimum absolute atomic E-state index is 0.0292. The molecule has 12 rings (SSSR count). The summed E-state index contributed by atoms with van der Waals surface area (Å²) in [6, 6.07) is 60.6. The van der Waals surface area contributed by atoms with Crippen LogP contribution in [0.25, 0.3) is 117 Å². The number of hydrogen-bond donors (Lipinski definition) is 0. The summed E-state index contributed by atoms with van der Waals surface area (Å²) >= 11 is 0. The van der Waals surface area contributed by atoms with Crippen molar-refractivity contribution < 1.29 is 0 Å². The van der Waals surface area contributed by atoms with Crippen molar-refractivity contribution in [3.8, 4) is 89.3 Å². The Hall–Kier alpha value is -8.94. The highest BCUT2D eigenvalue weighted by molar-refractivity contribution is 6.10. The number of pyridine rings is 6. The van der Waals surface area contributed by atoms with Crippen LogP contribution in [0.2, 0.25) is 0 Å². The summed E-state index contributed by atoms with van der Waals surface area (Å²) < 4.78 is 2.16. The van der Waals surface area contributed by atoms with E-state index in [0.717, 1.165) is 128 Å². The van der Waals surface area contributed by atoms with E-state index in [1.807, 2.05) is 43.4 Å². The van der Waals surface area contributed by atoms with Crippen molar-refractivity contribution in [1.29, 1.82) is 0 Å². The Morgan fingerprint density at radius 2 is 0.740 bits per heavy atom. The maximum atomic E-state index is 5.18. The third kappa shape index (κ3) is 8.53. The molecule has 7 heteroatoms. The van der Waals surface area contributed by atoms with Crippen molar-refractivity contribution in [3.63, 3.8) is 0 Å². The van der Waals surface area contributed by atoms with E-state index in [-0.39, 0.29) is 10.8 Å². The SMILES string of the molecule is CC(C)(C)c1ccc(-c2ccc(-c3ccccc3-c3cc(-c4ccccc4-c4ccc(-c5ccc(C(C)(C)C)nc5)nc4)cc(-c4ccccc4-c4cnc5c6ccccc6n6ccnc6c5c4)c3)cn2)cn1. The number of hydrogen-bond acceptors (Lipinski definition) is 6. The zero-order chi connectivity index (χ0) is 49.8. The highest BCUT2D eigenvalue weighted by Crippen LogP contribution is 2.43. The molecule has 0 bridgehead atoms. The van der Waals surface area contributed by atoms with E-state index in [4.69, 9.17) is 29.9 Å². The number of nitrogens with zero attached hydrogens (tertiary/aromatic N) is 7. The Morgan fingerprint density at radius 1 is 0.329 bits per heavy atom. The molecular weight excluding hydrogens is 891 g/mol. The predicted molar refractivity (Wildman–Crippen MR) is 300 cm³/mol. The van der Waals surface area contributed by atoms with Gasteiger partial charge in [-0.15, -0.1) is 0 Å². The van der Waals surface area contributed by atoms with E-state index >= 15 is 0 Å². The van der Waals surface area contributed by atoms with Crippen molar-refractivity contribution >= 4 is 27.5 Å². The Morgan fingerprint density at radius 3 is 1.18 bits per heavy atom. The normalized spacial score (nSPS) is 12.0. The lowest BCUT2D eigenvalue weighted by molar-refractivity contribution is 0.569. The average molecular weight is 944 g/mol. The lowest BCUT2D eigenvalue weighted by atomic mass is 9.86. The number of rotatable bonds is 8. The fourth-order valence-corrected chi connectivity index (χ4v) is 10.1. The van der Waals surface area contributed by atoms with Crippen LogP contribution < -0.4 is 0 Å². The highest BCUT2D eigenvalue weighted by atomic mass is 15.0. The third-order valence-corrected chi connectivity index (χ3v) is 14.0. The van der Waals surface area contributed by atoms with E-state index in [2.05, 4.69) is 216 Å². The topological polar surface area (TPSA) is 81.8 Å². The quantitative estimate of drug-likeness (QED) is 0.141. The summed E-state index contributed by atoms with van der Waals surface area (Å²) in [5.41, 5.74) is 21.6. The molecule has 73 heavy (non-hydrogen) atoms. The fraction of sp³-hybridized carbons (Fsp3) is 0.121. The van der Waals surface area contributed by atoms with E-state index in [9.17, 15) is 0 Å². The second-order valence-corrected chi connectivity index (χ2v) is 20.9. The molecule has 7 aromatic heterocycles. The first-order valence-electron chi connectivity index (χ1n) is 24.9. The summed E-state index contributed by atoms with van der Waals surface area (Å²) in [5, 5.41) is 2.09. The number of benzene rings is 5. The van der Waals surface area contributed by atoms with E-state index in [1.165, 1.54) is 0 Å². The van der Waals surface area contributed by atoms with Crippen LogP contribution in [0.15, 0.2) is 213 Å². The lowest BCUT2D eigenvalue weighted by Gasteiger charge is -2.18. The van der Waals surface area contributed by atoms with E-state index < -0.39 is 0 Å². The van der Waals surface area contributed by atoms with Crippen LogP contribution in [0.3, 0.4) is 0 Å². The third-order valence-electron chi connectivity index (χ3n) is 14.0.